The maximum absolute atomic E-state index is 13.7. The number of piperazine rings is 1. The summed E-state index contributed by atoms with van der Waals surface area (Å²) in [6, 6.07) is 3.18. The van der Waals surface area contributed by atoms with Crippen molar-refractivity contribution in [3.05, 3.63) is 22.4 Å². The molecule has 84 valence electrons. The van der Waals surface area contributed by atoms with E-state index in [1.54, 1.807) is 11.4 Å². The van der Waals surface area contributed by atoms with Crippen LogP contribution in [0.5, 0.6) is 0 Å². The monoisotopic (exact) mass is 232 g/mol. The molecule has 5 heteroatoms. The quantitative estimate of drug-likeness (QED) is 0.854. The van der Waals surface area contributed by atoms with Gasteiger partial charge in [-0.05, 0) is 11.4 Å². The molecule has 2 nitrogen and oxygen atoms in total. The summed E-state index contributed by atoms with van der Waals surface area (Å²) in [5.74, 6) is -2.70. The zero-order valence-corrected chi connectivity index (χ0v) is 9.20. The Labute approximate surface area is 91.9 Å². The van der Waals surface area contributed by atoms with Gasteiger partial charge in [-0.25, -0.2) is 0 Å². The molecule has 0 atom stereocenters. The lowest BCUT2D eigenvalue weighted by Crippen LogP contribution is -2.47. The van der Waals surface area contributed by atoms with Crippen molar-refractivity contribution in [3.8, 4) is 0 Å². The number of hydrogen-bond acceptors (Lipinski definition) is 3. The smallest absolute Gasteiger partial charge is 0.294 e. The number of alkyl halides is 2. The molecule has 1 saturated heterocycles. The summed E-state index contributed by atoms with van der Waals surface area (Å²) < 4.78 is 27.4. The van der Waals surface area contributed by atoms with Gasteiger partial charge in [-0.2, -0.15) is 8.78 Å². The average Bonchev–Trinajstić information content (AvgIpc) is 2.71. The van der Waals surface area contributed by atoms with Crippen LogP contribution in [-0.2, 0) is 5.92 Å². The number of thiophene rings is 1. The Balaban J connectivity index is 1.97. The third-order valence-electron chi connectivity index (χ3n) is 2.51. The largest absolute Gasteiger partial charge is 0.314 e. The van der Waals surface area contributed by atoms with Crippen LogP contribution in [0.15, 0.2) is 17.5 Å². The molecule has 0 unspecified atom stereocenters. The van der Waals surface area contributed by atoms with Crippen molar-refractivity contribution in [1.29, 1.82) is 0 Å². The summed E-state index contributed by atoms with van der Waals surface area (Å²) in [4.78, 5) is 1.98. The second-order valence-electron chi connectivity index (χ2n) is 3.71. The van der Waals surface area contributed by atoms with Crippen molar-refractivity contribution in [2.45, 2.75) is 5.92 Å². The van der Waals surface area contributed by atoms with Gasteiger partial charge in [-0.1, -0.05) is 6.07 Å². The van der Waals surface area contributed by atoms with Crippen LogP contribution in [-0.4, -0.2) is 37.6 Å². The first-order valence-electron chi connectivity index (χ1n) is 5.03. The molecule has 0 aliphatic carbocycles. The van der Waals surface area contributed by atoms with E-state index in [4.69, 9.17) is 0 Å². The highest BCUT2D eigenvalue weighted by atomic mass is 32.1. The Morgan fingerprint density at radius 3 is 2.73 bits per heavy atom. The molecule has 2 heterocycles. The maximum Gasteiger partial charge on any atom is 0.294 e. The van der Waals surface area contributed by atoms with Crippen LogP contribution >= 0.6 is 11.3 Å². The van der Waals surface area contributed by atoms with Crippen LogP contribution in [0.2, 0.25) is 0 Å². The fourth-order valence-corrected chi connectivity index (χ4v) is 2.41. The predicted molar refractivity (Wildman–Crippen MR) is 57.5 cm³/mol. The lowest BCUT2D eigenvalue weighted by atomic mass is 10.2. The van der Waals surface area contributed by atoms with E-state index in [1.807, 2.05) is 4.90 Å². The Kier molecular flexibility index (Phi) is 3.33. The molecule has 1 aliphatic heterocycles. The van der Waals surface area contributed by atoms with Gasteiger partial charge in [0, 0.05) is 26.2 Å². The van der Waals surface area contributed by atoms with E-state index in [2.05, 4.69) is 5.32 Å². The zero-order chi connectivity index (χ0) is 10.7. The van der Waals surface area contributed by atoms with E-state index in [1.165, 1.54) is 6.07 Å². The first-order chi connectivity index (χ1) is 7.18. The maximum atomic E-state index is 13.7. The molecule has 1 aromatic rings. The number of hydrogen-bond donors (Lipinski definition) is 1. The molecule has 2 rings (SSSR count). The van der Waals surface area contributed by atoms with Crippen LogP contribution in [0, 0.1) is 0 Å². The van der Waals surface area contributed by atoms with E-state index >= 15 is 0 Å². The normalized spacial score (nSPS) is 19.3. The molecule has 1 N–H and O–H groups in total. The Hall–Kier alpha value is -0.520. The number of rotatable bonds is 3. The van der Waals surface area contributed by atoms with Gasteiger partial charge in [-0.3, -0.25) is 4.90 Å². The lowest BCUT2D eigenvalue weighted by Gasteiger charge is -2.30. The molecule has 0 aromatic carbocycles. The Morgan fingerprint density at radius 1 is 1.40 bits per heavy atom. The molecule has 0 spiro atoms. The summed E-state index contributed by atoms with van der Waals surface area (Å²) in [5.41, 5.74) is 0. The molecule has 0 saturated carbocycles. The topological polar surface area (TPSA) is 15.3 Å². The van der Waals surface area contributed by atoms with Crippen molar-refractivity contribution in [2.75, 3.05) is 32.7 Å². The summed E-state index contributed by atoms with van der Waals surface area (Å²) in [6.45, 7) is 2.87. The van der Waals surface area contributed by atoms with Gasteiger partial charge < -0.3 is 5.32 Å². The Bertz CT molecular complexity index is 294. The van der Waals surface area contributed by atoms with Crippen molar-refractivity contribution >= 4 is 11.3 Å². The fraction of sp³-hybridized carbons (Fsp3) is 0.600. The SMILES string of the molecule is FC(F)(CN1CCNCC1)c1cccs1. The number of nitrogens with one attached hydrogen (secondary N) is 1. The standard InChI is InChI=1S/C10H14F2N2S/c11-10(12,9-2-1-7-15-9)8-14-5-3-13-4-6-14/h1-2,7,13H,3-6,8H2. The van der Waals surface area contributed by atoms with Gasteiger partial charge in [0.05, 0.1) is 11.4 Å². The van der Waals surface area contributed by atoms with Crippen LogP contribution in [0.1, 0.15) is 4.88 Å². The van der Waals surface area contributed by atoms with E-state index in [0.29, 0.717) is 13.1 Å². The highest BCUT2D eigenvalue weighted by molar-refractivity contribution is 7.10. The van der Waals surface area contributed by atoms with Crippen LogP contribution < -0.4 is 5.32 Å². The van der Waals surface area contributed by atoms with Gasteiger partial charge in [0.1, 0.15) is 0 Å². The third-order valence-corrected chi connectivity index (χ3v) is 3.50. The number of nitrogens with zero attached hydrogens (tertiary/aromatic N) is 1. The van der Waals surface area contributed by atoms with E-state index in [-0.39, 0.29) is 11.4 Å². The van der Waals surface area contributed by atoms with Gasteiger partial charge >= 0.3 is 0 Å². The van der Waals surface area contributed by atoms with Crippen LogP contribution in [0.4, 0.5) is 8.78 Å². The van der Waals surface area contributed by atoms with Gasteiger partial charge in [-0.15, -0.1) is 11.3 Å². The second-order valence-corrected chi connectivity index (χ2v) is 4.66. The molecular formula is C10H14F2N2S. The summed E-state index contributed by atoms with van der Waals surface area (Å²) in [6.07, 6.45) is 0. The van der Waals surface area contributed by atoms with Gasteiger partial charge in [0.15, 0.2) is 0 Å². The van der Waals surface area contributed by atoms with Gasteiger partial charge in [0.2, 0.25) is 0 Å². The van der Waals surface area contributed by atoms with Crippen molar-refractivity contribution in [3.63, 3.8) is 0 Å². The van der Waals surface area contributed by atoms with E-state index in [0.717, 1.165) is 24.4 Å². The summed E-state index contributed by atoms with van der Waals surface area (Å²) in [7, 11) is 0. The second kappa shape index (κ2) is 4.55. The average molecular weight is 232 g/mol. The minimum atomic E-state index is -2.70. The van der Waals surface area contributed by atoms with E-state index in [9.17, 15) is 8.78 Å². The minimum Gasteiger partial charge on any atom is -0.314 e. The first kappa shape index (κ1) is 11.0. The highest BCUT2D eigenvalue weighted by Gasteiger charge is 2.35. The van der Waals surface area contributed by atoms with E-state index < -0.39 is 5.92 Å². The highest BCUT2D eigenvalue weighted by Crippen LogP contribution is 2.32. The predicted octanol–water partition coefficient (Wildman–Crippen LogP) is 1.75. The summed E-state index contributed by atoms with van der Waals surface area (Å²) in [5, 5.41) is 4.85. The van der Waals surface area contributed by atoms with Crippen molar-refractivity contribution in [1.82, 2.24) is 10.2 Å². The molecule has 15 heavy (non-hydrogen) atoms. The first-order valence-corrected chi connectivity index (χ1v) is 5.91. The zero-order valence-electron chi connectivity index (χ0n) is 8.38. The van der Waals surface area contributed by atoms with Crippen molar-refractivity contribution < 1.29 is 8.78 Å². The molecular weight excluding hydrogens is 218 g/mol. The Morgan fingerprint density at radius 2 is 2.13 bits per heavy atom. The molecule has 1 aromatic heterocycles. The molecule has 0 radical (unpaired) electrons. The minimum absolute atomic E-state index is 0.158. The molecule has 1 fully saturated rings. The molecule has 0 amide bonds. The lowest BCUT2D eigenvalue weighted by molar-refractivity contribution is -0.0368. The summed E-state index contributed by atoms with van der Waals surface area (Å²) >= 11 is 1.13. The molecule has 1 aliphatic rings. The van der Waals surface area contributed by atoms with Crippen LogP contribution in [0.3, 0.4) is 0 Å². The fourth-order valence-electron chi connectivity index (χ4n) is 1.71. The van der Waals surface area contributed by atoms with Crippen LogP contribution in [0.25, 0.3) is 0 Å². The van der Waals surface area contributed by atoms with Crippen molar-refractivity contribution in [2.24, 2.45) is 0 Å². The molecule has 0 bridgehead atoms. The number of halogens is 2. The van der Waals surface area contributed by atoms with Gasteiger partial charge in [0.25, 0.3) is 5.92 Å². The third kappa shape index (κ3) is 2.74.